The van der Waals surface area contributed by atoms with E-state index in [2.05, 4.69) is 54.0 Å². The lowest BCUT2D eigenvalue weighted by molar-refractivity contribution is 0.283. The third-order valence-electron chi connectivity index (χ3n) is 4.14. The number of benzene rings is 2. The van der Waals surface area contributed by atoms with Gasteiger partial charge in [0.05, 0.1) is 17.4 Å². The van der Waals surface area contributed by atoms with Gasteiger partial charge < -0.3 is 20.1 Å². The zero-order chi connectivity index (χ0) is 14.9. The van der Waals surface area contributed by atoms with Gasteiger partial charge in [-0.3, -0.25) is 0 Å². The Morgan fingerprint density at radius 1 is 1.05 bits per heavy atom. The Bertz CT molecular complexity index is 699. The second-order valence-corrected chi connectivity index (χ2v) is 5.96. The first kappa shape index (κ1) is 13.3. The van der Waals surface area contributed by atoms with Gasteiger partial charge in [-0.15, -0.1) is 0 Å². The van der Waals surface area contributed by atoms with E-state index in [0.717, 1.165) is 42.4 Å². The molecule has 0 aliphatic carbocycles. The van der Waals surface area contributed by atoms with Gasteiger partial charge in [0.25, 0.3) is 0 Å². The number of ether oxygens (including phenoxy) is 2. The predicted octanol–water partition coefficient (Wildman–Crippen LogP) is 3.21. The molecule has 1 unspecified atom stereocenters. The van der Waals surface area contributed by atoms with Gasteiger partial charge in [0.15, 0.2) is 0 Å². The first-order valence-corrected chi connectivity index (χ1v) is 7.77. The molecule has 1 atom stereocenters. The van der Waals surface area contributed by atoms with E-state index in [1.165, 1.54) is 11.1 Å². The van der Waals surface area contributed by atoms with Crippen molar-refractivity contribution in [2.45, 2.75) is 19.4 Å². The third kappa shape index (κ3) is 2.56. The summed E-state index contributed by atoms with van der Waals surface area (Å²) in [5.74, 6) is 1.90. The highest BCUT2D eigenvalue weighted by atomic mass is 16.5. The van der Waals surface area contributed by atoms with E-state index in [4.69, 9.17) is 9.47 Å². The van der Waals surface area contributed by atoms with Crippen LogP contribution in [0.4, 0.5) is 11.4 Å². The van der Waals surface area contributed by atoms with Crippen LogP contribution in [0.3, 0.4) is 0 Å². The molecule has 2 aliphatic rings. The average Bonchev–Trinajstić information content (AvgIpc) is 2.55. The van der Waals surface area contributed by atoms with E-state index >= 15 is 0 Å². The van der Waals surface area contributed by atoms with E-state index in [9.17, 15) is 0 Å². The Labute approximate surface area is 130 Å². The Hall–Kier alpha value is -2.36. The van der Waals surface area contributed by atoms with Gasteiger partial charge in [-0.2, -0.15) is 0 Å². The first-order chi connectivity index (χ1) is 10.8. The maximum atomic E-state index is 5.90. The lowest BCUT2D eigenvalue weighted by Crippen LogP contribution is -2.33. The molecule has 2 N–H and O–H groups in total. The molecule has 0 bridgehead atoms. The number of fused-ring (bicyclic) bond motifs is 2. The summed E-state index contributed by atoms with van der Waals surface area (Å²) in [7, 11) is 0. The first-order valence-electron chi connectivity index (χ1n) is 7.77. The minimum absolute atomic E-state index is 0.290. The van der Waals surface area contributed by atoms with Crippen molar-refractivity contribution >= 4 is 11.4 Å². The van der Waals surface area contributed by atoms with E-state index in [1.807, 2.05) is 0 Å². The molecule has 4 rings (SSSR count). The van der Waals surface area contributed by atoms with Crippen LogP contribution >= 0.6 is 0 Å². The Morgan fingerprint density at radius 3 is 2.95 bits per heavy atom. The maximum Gasteiger partial charge on any atom is 0.142 e. The molecule has 2 aliphatic heterocycles. The van der Waals surface area contributed by atoms with Crippen molar-refractivity contribution in [3.8, 4) is 11.5 Å². The molecular weight excluding hydrogens is 276 g/mol. The molecule has 0 radical (unpaired) electrons. The van der Waals surface area contributed by atoms with E-state index in [-0.39, 0.29) is 6.04 Å². The molecule has 2 aromatic carbocycles. The number of aryl methyl sites for hydroxylation is 1. The second kappa shape index (κ2) is 5.44. The van der Waals surface area contributed by atoms with Crippen LogP contribution in [-0.4, -0.2) is 25.8 Å². The Morgan fingerprint density at radius 2 is 2.00 bits per heavy atom. The van der Waals surface area contributed by atoms with E-state index in [0.29, 0.717) is 6.61 Å². The summed E-state index contributed by atoms with van der Waals surface area (Å²) in [5.41, 5.74) is 4.69. The van der Waals surface area contributed by atoms with Crippen molar-refractivity contribution in [1.82, 2.24) is 0 Å². The molecule has 0 fully saturated rings. The summed E-state index contributed by atoms with van der Waals surface area (Å²) in [6, 6.07) is 12.9. The van der Waals surface area contributed by atoms with Gasteiger partial charge >= 0.3 is 0 Å². The molecule has 0 aromatic heterocycles. The number of nitrogens with one attached hydrogen (secondary N) is 2. The highest BCUT2D eigenvalue weighted by molar-refractivity contribution is 5.61. The molecular formula is C18H20N2O2. The minimum Gasteiger partial charge on any atom is -0.490 e. The topological polar surface area (TPSA) is 42.5 Å². The SMILES string of the molecule is Cc1ccc2c(c1)OCC(Cc1ccc3c(c1)NCCO3)N2. The number of hydrogen-bond donors (Lipinski definition) is 2. The summed E-state index contributed by atoms with van der Waals surface area (Å²) >= 11 is 0. The van der Waals surface area contributed by atoms with E-state index in [1.54, 1.807) is 0 Å². The molecule has 4 heteroatoms. The fourth-order valence-electron chi connectivity index (χ4n) is 3.03. The second-order valence-electron chi connectivity index (χ2n) is 5.96. The van der Waals surface area contributed by atoms with Crippen LogP contribution in [0.1, 0.15) is 11.1 Å². The van der Waals surface area contributed by atoms with Crippen molar-refractivity contribution in [3.63, 3.8) is 0 Å². The van der Waals surface area contributed by atoms with Crippen molar-refractivity contribution < 1.29 is 9.47 Å². The van der Waals surface area contributed by atoms with Gasteiger partial charge in [-0.05, 0) is 48.7 Å². The minimum atomic E-state index is 0.290. The summed E-state index contributed by atoms with van der Waals surface area (Å²) in [6.07, 6.45) is 0.933. The summed E-state index contributed by atoms with van der Waals surface area (Å²) in [6.45, 7) is 4.38. The van der Waals surface area contributed by atoms with Crippen molar-refractivity contribution in [3.05, 3.63) is 47.5 Å². The monoisotopic (exact) mass is 296 g/mol. The van der Waals surface area contributed by atoms with Crippen LogP contribution in [0.15, 0.2) is 36.4 Å². The highest BCUT2D eigenvalue weighted by Gasteiger charge is 2.20. The third-order valence-corrected chi connectivity index (χ3v) is 4.14. The standard InChI is InChI=1S/C18H20N2O2/c1-12-2-4-15-18(8-12)22-11-14(20-15)9-13-3-5-17-16(10-13)19-6-7-21-17/h2-5,8,10,14,19-20H,6-7,9,11H2,1H3. The number of rotatable bonds is 2. The number of anilines is 2. The molecule has 0 amide bonds. The molecule has 4 nitrogen and oxygen atoms in total. The Balaban J connectivity index is 1.49. The fourth-order valence-corrected chi connectivity index (χ4v) is 3.03. The molecule has 2 aromatic rings. The van der Waals surface area contributed by atoms with Crippen LogP contribution in [0.5, 0.6) is 11.5 Å². The molecule has 0 saturated carbocycles. The zero-order valence-electron chi connectivity index (χ0n) is 12.7. The van der Waals surface area contributed by atoms with Crippen LogP contribution in [0.2, 0.25) is 0 Å². The molecule has 114 valence electrons. The fraction of sp³-hybridized carbons (Fsp3) is 0.333. The van der Waals surface area contributed by atoms with Crippen LogP contribution in [-0.2, 0) is 6.42 Å². The van der Waals surface area contributed by atoms with Crippen LogP contribution < -0.4 is 20.1 Å². The molecule has 0 saturated heterocycles. The molecule has 0 spiro atoms. The smallest absolute Gasteiger partial charge is 0.142 e. The molecule has 2 heterocycles. The van der Waals surface area contributed by atoms with Crippen molar-refractivity contribution in [2.75, 3.05) is 30.4 Å². The largest absolute Gasteiger partial charge is 0.490 e. The highest BCUT2D eigenvalue weighted by Crippen LogP contribution is 2.32. The van der Waals surface area contributed by atoms with Gasteiger partial charge in [0, 0.05) is 6.54 Å². The lowest BCUT2D eigenvalue weighted by Gasteiger charge is -2.28. The van der Waals surface area contributed by atoms with Gasteiger partial charge in [0.1, 0.15) is 24.7 Å². The summed E-state index contributed by atoms with van der Waals surface area (Å²) in [5, 5.41) is 6.96. The van der Waals surface area contributed by atoms with Crippen LogP contribution in [0.25, 0.3) is 0 Å². The van der Waals surface area contributed by atoms with Crippen molar-refractivity contribution in [2.24, 2.45) is 0 Å². The van der Waals surface area contributed by atoms with Crippen molar-refractivity contribution in [1.29, 1.82) is 0 Å². The molecule has 22 heavy (non-hydrogen) atoms. The van der Waals surface area contributed by atoms with E-state index < -0.39 is 0 Å². The summed E-state index contributed by atoms with van der Waals surface area (Å²) in [4.78, 5) is 0. The van der Waals surface area contributed by atoms with Gasteiger partial charge in [0.2, 0.25) is 0 Å². The average molecular weight is 296 g/mol. The quantitative estimate of drug-likeness (QED) is 0.893. The normalized spacial score (nSPS) is 18.9. The number of hydrogen-bond acceptors (Lipinski definition) is 4. The van der Waals surface area contributed by atoms with Gasteiger partial charge in [-0.1, -0.05) is 12.1 Å². The predicted molar refractivity (Wildman–Crippen MR) is 88.2 cm³/mol. The Kier molecular flexibility index (Phi) is 3.29. The van der Waals surface area contributed by atoms with Crippen LogP contribution in [0, 0.1) is 6.92 Å². The van der Waals surface area contributed by atoms with Gasteiger partial charge in [-0.25, -0.2) is 0 Å². The lowest BCUT2D eigenvalue weighted by atomic mass is 10.0. The zero-order valence-corrected chi connectivity index (χ0v) is 12.7. The summed E-state index contributed by atoms with van der Waals surface area (Å²) < 4.78 is 11.5. The maximum absolute atomic E-state index is 5.90.